The minimum Gasteiger partial charge on any atom is -0.416 e. The maximum atomic E-state index is 13.6. The van der Waals surface area contributed by atoms with Crippen molar-refractivity contribution in [3.05, 3.63) is 23.6 Å². The zero-order valence-corrected chi connectivity index (χ0v) is 15.7. The van der Waals surface area contributed by atoms with Gasteiger partial charge in [-0.25, -0.2) is 4.98 Å². The van der Waals surface area contributed by atoms with Crippen molar-refractivity contribution in [2.75, 3.05) is 24.6 Å². The number of carbonyl (C=O) groups excluding carboxylic acids is 1. The molecule has 0 amide bonds. The van der Waals surface area contributed by atoms with Crippen LogP contribution in [0.5, 0.6) is 0 Å². The van der Waals surface area contributed by atoms with Crippen LogP contribution in [-0.2, 0) is 4.43 Å². The van der Waals surface area contributed by atoms with Crippen LogP contribution in [0.4, 0.5) is 10.2 Å². The molecule has 6 heteroatoms. The molecule has 0 unspecified atom stereocenters. The highest BCUT2D eigenvalue weighted by Gasteiger charge is 2.38. The van der Waals surface area contributed by atoms with Crippen LogP contribution < -0.4 is 4.90 Å². The van der Waals surface area contributed by atoms with E-state index in [4.69, 9.17) is 4.43 Å². The van der Waals surface area contributed by atoms with E-state index >= 15 is 0 Å². The summed E-state index contributed by atoms with van der Waals surface area (Å²) < 4.78 is 19.9. The van der Waals surface area contributed by atoms with E-state index in [1.807, 2.05) is 0 Å². The smallest absolute Gasteiger partial charge is 0.225 e. The topological polar surface area (TPSA) is 42.4 Å². The second-order valence-electron chi connectivity index (χ2n) is 7.84. The van der Waals surface area contributed by atoms with Crippen molar-refractivity contribution in [2.45, 2.75) is 45.3 Å². The van der Waals surface area contributed by atoms with Crippen molar-refractivity contribution in [3.8, 4) is 0 Å². The highest BCUT2D eigenvalue weighted by molar-refractivity contribution is 6.74. The summed E-state index contributed by atoms with van der Waals surface area (Å²) in [6.45, 7) is 13.6. The molecule has 23 heavy (non-hydrogen) atoms. The standard InChI is InChI=1S/C17H27FN2O2Si/c1-17(2,3)23(4,5)22-12-13-8-9-20(10-13)15-7-6-14(11-21)16(18)19-15/h6-7,11,13H,8-10,12H2,1-5H3/t13-/m1/s1. The minimum atomic E-state index is -1.73. The van der Waals surface area contributed by atoms with Gasteiger partial charge >= 0.3 is 0 Å². The molecule has 128 valence electrons. The van der Waals surface area contributed by atoms with E-state index < -0.39 is 14.3 Å². The fourth-order valence-corrected chi connectivity index (χ4v) is 3.50. The van der Waals surface area contributed by atoms with Crippen LogP contribution in [0.2, 0.25) is 18.1 Å². The second kappa shape index (κ2) is 6.69. The summed E-state index contributed by atoms with van der Waals surface area (Å²) in [6.07, 6.45) is 1.51. The molecule has 1 aliphatic rings. The number of rotatable bonds is 5. The van der Waals surface area contributed by atoms with E-state index in [1.165, 1.54) is 6.07 Å². The van der Waals surface area contributed by atoms with Gasteiger partial charge in [0.15, 0.2) is 14.6 Å². The average molecular weight is 338 g/mol. The van der Waals surface area contributed by atoms with E-state index in [9.17, 15) is 9.18 Å². The van der Waals surface area contributed by atoms with E-state index in [0.29, 0.717) is 18.0 Å². The summed E-state index contributed by atoms with van der Waals surface area (Å²) in [5.41, 5.74) is 0.00533. The SMILES string of the molecule is CC(C)(C)[Si](C)(C)OC[C@@H]1CCN(c2ccc(C=O)c(F)n2)C1. The lowest BCUT2D eigenvalue weighted by Crippen LogP contribution is -2.42. The zero-order valence-electron chi connectivity index (χ0n) is 14.7. The molecule has 4 nitrogen and oxygen atoms in total. The lowest BCUT2D eigenvalue weighted by molar-refractivity contribution is 0.111. The van der Waals surface area contributed by atoms with Gasteiger partial charge in [0.1, 0.15) is 5.82 Å². The number of halogens is 1. The lowest BCUT2D eigenvalue weighted by atomic mass is 10.1. The Morgan fingerprint density at radius 1 is 1.43 bits per heavy atom. The van der Waals surface area contributed by atoms with E-state index in [0.717, 1.165) is 26.1 Å². The molecule has 1 aromatic rings. The van der Waals surface area contributed by atoms with Crippen molar-refractivity contribution >= 4 is 20.4 Å². The summed E-state index contributed by atoms with van der Waals surface area (Å²) in [5, 5.41) is 0.209. The molecule has 1 aliphatic heterocycles. The largest absolute Gasteiger partial charge is 0.416 e. The van der Waals surface area contributed by atoms with Crippen LogP contribution in [0, 0.1) is 11.9 Å². The van der Waals surface area contributed by atoms with Gasteiger partial charge in [-0.1, -0.05) is 20.8 Å². The average Bonchev–Trinajstić information content (AvgIpc) is 2.93. The van der Waals surface area contributed by atoms with Gasteiger partial charge < -0.3 is 9.33 Å². The van der Waals surface area contributed by atoms with Gasteiger partial charge in [-0.3, -0.25) is 4.79 Å². The molecule has 0 bridgehead atoms. The van der Waals surface area contributed by atoms with Crippen LogP contribution in [0.25, 0.3) is 0 Å². The van der Waals surface area contributed by atoms with E-state index in [1.54, 1.807) is 6.07 Å². The lowest BCUT2D eigenvalue weighted by Gasteiger charge is -2.37. The number of anilines is 1. The molecule has 1 saturated heterocycles. The minimum absolute atomic E-state index is 0.00533. The van der Waals surface area contributed by atoms with Crippen molar-refractivity contribution in [1.82, 2.24) is 4.98 Å². The molecule has 0 aliphatic carbocycles. The summed E-state index contributed by atoms with van der Waals surface area (Å²) >= 11 is 0. The van der Waals surface area contributed by atoms with Gasteiger partial charge in [0.25, 0.3) is 0 Å². The number of carbonyl (C=O) groups is 1. The van der Waals surface area contributed by atoms with Crippen LogP contribution in [0.3, 0.4) is 0 Å². The van der Waals surface area contributed by atoms with Gasteiger partial charge in [0.2, 0.25) is 5.95 Å². The first-order valence-corrected chi connectivity index (χ1v) is 11.1. The van der Waals surface area contributed by atoms with Gasteiger partial charge in [-0.05, 0) is 36.7 Å². The molecule has 1 fully saturated rings. The van der Waals surface area contributed by atoms with Gasteiger partial charge in [-0.2, -0.15) is 4.39 Å². The maximum absolute atomic E-state index is 13.6. The van der Waals surface area contributed by atoms with Crippen LogP contribution in [-0.4, -0.2) is 39.3 Å². The Morgan fingerprint density at radius 3 is 2.70 bits per heavy atom. The Hall–Kier alpha value is -1.27. The summed E-state index contributed by atoms with van der Waals surface area (Å²) in [5.74, 6) is 0.348. The summed E-state index contributed by atoms with van der Waals surface area (Å²) in [4.78, 5) is 16.6. The molecule has 0 aromatic carbocycles. The molecule has 1 atom stereocenters. The summed E-state index contributed by atoms with van der Waals surface area (Å²) in [6, 6.07) is 3.20. The molecule has 0 saturated carbocycles. The van der Waals surface area contributed by atoms with Gasteiger partial charge in [-0.15, -0.1) is 0 Å². The Balaban J connectivity index is 1.94. The maximum Gasteiger partial charge on any atom is 0.225 e. The predicted octanol–water partition coefficient (Wildman–Crippen LogP) is 3.88. The monoisotopic (exact) mass is 338 g/mol. The number of hydrogen-bond donors (Lipinski definition) is 0. The molecular formula is C17H27FN2O2Si. The molecule has 0 radical (unpaired) electrons. The highest BCUT2D eigenvalue weighted by atomic mass is 28.4. The second-order valence-corrected chi connectivity index (χ2v) is 12.6. The Morgan fingerprint density at radius 2 is 2.13 bits per heavy atom. The van der Waals surface area contributed by atoms with E-state index in [2.05, 4.69) is 43.7 Å². The molecule has 2 heterocycles. The van der Waals surface area contributed by atoms with Crippen molar-refractivity contribution < 1.29 is 13.6 Å². The summed E-state index contributed by atoms with van der Waals surface area (Å²) in [7, 11) is -1.73. The van der Waals surface area contributed by atoms with Crippen LogP contribution >= 0.6 is 0 Å². The number of pyridine rings is 1. The Labute approximate surface area is 139 Å². The highest BCUT2D eigenvalue weighted by Crippen LogP contribution is 2.37. The third-order valence-corrected chi connectivity index (χ3v) is 9.59. The number of nitrogens with zero attached hydrogens (tertiary/aromatic N) is 2. The predicted molar refractivity (Wildman–Crippen MR) is 93.1 cm³/mol. The van der Waals surface area contributed by atoms with Gasteiger partial charge in [0.05, 0.1) is 5.56 Å². The normalized spacial score (nSPS) is 19.2. The van der Waals surface area contributed by atoms with Crippen LogP contribution in [0.15, 0.2) is 12.1 Å². The van der Waals surface area contributed by atoms with Crippen molar-refractivity contribution in [2.24, 2.45) is 5.92 Å². The Bertz CT molecular complexity index is 572. The van der Waals surface area contributed by atoms with Gasteiger partial charge in [0, 0.05) is 25.6 Å². The quantitative estimate of drug-likeness (QED) is 0.464. The third kappa shape index (κ3) is 4.17. The number of hydrogen-bond acceptors (Lipinski definition) is 4. The molecule has 2 rings (SSSR count). The first-order valence-electron chi connectivity index (χ1n) is 8.14. The van der Waals surface area contributed by atoms with Crippen molar-refractivity contribution in [3.63, 3.8) is 0 Å². The molecule has 1 aromatic heterocycles. The fraction of sp³-hybridized carbons (Fsp3) is 0.647. The van der Waals surface area contributed by atoms with Crippen molar-refractivity contribution in [1.29, 1.82) is 0 Å². The van der Waals surface area contributed by atoms with Crippen LogP contribution in [0.1, 0.15) is 37.6 Å². The fourth-order valence-electron chi connectivity index (χ4n) is 2.42. The Kier molecular flexibility index (Phi) is 5.26. The first-order chi connectivity index (χ1) is 10.6. The van der Waals surface area contributed by atoms with E-state index in [-0.39, 0.29) is 10.6 Å². The third-order valence-electron chi connectivity index (χ3n) is 5.09. The number of aldehydes is 1. The molecule has 0 spiro atoms. The molecular weight excluding hydrogens is 311 g/mol. The first kappa shape index (κ1) is 18.1. The zero-order chi connectivity index (χ0) is 17.3. The molecule has 0 N–H and O–H groups in total. The number of aromatic nitrogens is 1.